The van der Waals surface area contributed by atoms with Crippen LogP contribution in [0.4, 0.5) is 18.9 Å². The number of halogens is 3. The van der Waals surface area contributed by atoms with Crippen LogP contribution in [0.25, 0.3) is 10.2 Å². The lowest BCUT2D eigenvalue weighted by Gasteiger charge is -2.21. The Labute approximate surface area is 179 Å². The molecule has 1 aromatic carbocycles. The summed E-state index contributed by atoms with van der Waals surface area (Å²) in [5, 5.41) is 4.44. The van der Waals surface area contributed by atoms with E-state index in [4.69, 9.17) is 0 Å². The van der Waals surface area contributed by atoms with Crippen LogP contribution in [0, 0.1) is 0 Å². The van der Waals surface area contributed by atoms with Crippen LogP contribution in [-0.4, -0.2) is 39.4 Å². The molecule has 0 bridgehead atoms. The number of hydrogen-bond acceptors (Lipinski definition) is 5. The maximum atomic E-state index is 13.1. The molecule has 3 aromatic rings. The number of rotatable bonds is 7. The quantitative estimate of drug-likeness (QED) is 0.596. The summed E-state index contributed by atoms with van der Waals surface area (Å²) in [4.78, 5) is 43.2. The highest BCUT2D eigenvalue weighted by molar-refractivity contribution is 7.16. The number of amides is 2. The van der Waals surface area contributed by atoms with Crippen LogP contribution in [0.2, 0.25) is 0 Å². The summed E-state index contributed by atoms with van der Waals surface area (Å²) >= 11 is 1.34. The van der Waals surface area contributed by atoms with Crippen molar-refractivity contribution in [2.24, 2.45) is 0 Å². The fourth-order valence-electron chi connectivity index (χ4n) is 3.01. The molecule has 0 spiro atoms. The van der Waals surface area contributed by atoms with Crippen molar-refractivity contribution in [3.05, 3.63) is 58.0 Å². The van der Waals surface area contributed by atoms with Crippen molar-refractivity contribution >= 4 is 39.1 Å². The van der Waals surface area contributed by atoms with Crippen LogP contribution in [-0.2, 0) is 22.3 Å². The molecule has 2 aromatic heterocycles. The van der Waals surface area contributed by atoms with E-state index in [9.17, 15) is 27.6 Å². The van der Waals surface area contributed by atoms with Gasteiger partial charge < -0.3 is 10.2 Å². The van der Waals surface area contributed by atoms with Crippen LogP contribution in [0.3, 0.4) is 0 Å². The summed E-state index contributed by atoms with van der Waals surface area (Å²) < 4.78 is 40.6. The Morgan fingerprint density at radius 1 is 1.23 bits per heavy atom. The third-order valence-corrected chi connectivity index (χ3v) is 5.41. The number of carbonyl (C=O) groups is 2. The van der Waals surface area contributed by atoms with E-state index < -0.39 is 30.1 Å². The van der Waals surface area contributed by atoms with Crippen LogP contribution in [0.15, 0.2) is 46.8 Å². The van der Waals surface area contributed by atoms with E-state index >= 15 is 0 Å². The maximum absolute atomic E-state index is 13.1. The first-order valence-corrected chi connectivity index (χ1v) is 10.2. The number of nitrogens with zero attached hydrogens (tertiary/aromatic N) is 3. The second kappa shape index (κ2) is 9.29. The number of nitrogens with one attached hydrogen (secondary N) is 1. The van der Waals surface area contributed by atoms with Crippen molar-refractivity contribution in [2.75, 3.05) is 18.4 Å². The first-order chi connectivity index (χ1) is 14.7. The number of hydrogen-bond donors (Lipinski definition) is 1. The topological polar surface area (TPSA) is 84.3 Å². The number of thiophene rings is 1. The van der Waals surface area contributed by atoms with Gasteiger partial charge in [-0.3, -0.25) is 19.0 Å². The lowest BCUT2D eigenvalue weighted by Crippen LogP contribution is -2.38. The number of benzene rings is 1. The molecule has 2 amide bonds. The Hall–Kier alpha value is -3.21. The molecule has 0 fully saturated rings. The number of carbonyl (C=O) groups excluding carboxylic acids is 2. The van der Waals surface area contributed by atoms with E-state index in [0.717, 1.165) is 12.1 Å². The fraction of sp³-hybridized carbons (Fsp3) is 0.300. The number of likely N-dealkylation sites (N-methyl/N-ethyl adjacent to an activating group) is 1. The van der Waals surface area contributed by atoms with E-state index in [-0.39, 0.29) is 30.8 Å². The zero-order valence-corrected chi connectivity index (χ0v) is 17.3. The molecule has 0 atom stereocenters. The molecule has 0 radical (unpaired) electrons. The lowest BCUT2D eigenvalue weighted by atomic mass is 10.1. The molecule has 0 aliphatic heterocycles. The lowest BCUT2D eigenvalue weighted by molar-refractivity contribution is -0.137. The number of para-hydroxylation sites is 1. The SMILES string of the molecule is CCN(CC(=O)Nc1ccccc1C(F)(F)F)C(=O)CCn1cnc2sccc2c1=O. The molecule has 7 nitrogen and oxygen atoms in total. The highest BCUT2D eigenvalue weighted by atomic mass is 32.1. The van der Waals surface area contributed by atoms with Gasteiger partial charge in [0.25, 0.3) is 5.56 Å². The van der Waals surface area contributed by atoms with E-state index in [0.29, 0.717) is 10.2 Å². The number of fused-ring (bicyclic) bond motifs is 1. The van der Waals surface area contributed by atoms with Gasteiger partial charge in [-0.2, -0.15) is 13.2 Å². The standard InChI is InChI=1S/C20H19F3N4O3S/c1-2-26(11-16(28)25-15-6-4-3-5-14(15)20(21,22)23)17(29)7-9-27-12-24-18-13(19(27)30)8-10-31-18/h3-6,8,10,12H,2,7,9,11H2,1H3,(H,25,28). The van der Waals surface area contributed by atoms with Gasteiger partial charge in [0, 0.05) is 19.5 Å². The normalized spacial score (nSPS) is 11.5. The predicted molar refractivity (Wildman–Crippen MR) is 111 cm³/mol. The fourth-order valence-corrected chi connectivity index (χ4v) is 3.73. The highest BCUT2D eigenvalue weighted by Gasteiger charge is 2.33. The maximum Gasteiger partial charge on any atom is 0.418 e. The molecule has 3 rings (SSSR count). The van der Waals surface area contributed by atoms with E-state index in [1.165, 1.54) is 39.3 Å². The van der Waals surface area contributed by atoms with Crippen molar-refractivity contribution < 1.29 is 22.8 Å². The van der Waals surface area contributed by atoms with Gasteiger partial charge in [-0.1, -0.05) is 12.1 Å². The molecular formula is C20H19F3N4O3S. The molecule has 164 valence electrons. The third-order valence-electron chi connectivity index (χ3n) is 4.59. The highest BCUT2D eigenvalue weighted by Crippen LogP contribution is 2.34. The van der Waals surface area contributed by atoms with Crippen molar-refractivity contribution in [3.8, 4) is 0 Å². The Morgan fingerprint density at radius 2 is 1.97 bits per heavy atom. The molecular weight excluding hydrogens is 433 g/mol. The van der Waals surface area contributed by atoms with Crippen LogP contribution >= 0.6 is 11.3 Å². The molecule has 0 unspecified atom stereocenters. The summed E-state index contributed by atoms with van der Waals surface area (Å²) in [5.41, 5.74) is -1.60. The first kappa shape index (κ1) is 22.5. The molecule has 31 heavy (non-hydrogen) atoms. The third kappa shape index (κ3) is 5.29. The number of alkyl halides is 3. The molecule has 0 aliphatic carbocycles. The Bertz CT molecular complexity index is 1160. The van der Waals surface area contributed by atoms with Crippen molar-refractivity contribution in [1.29, 1.82) is 0 Å². The van der Waals surface area contributed by atoms with Gasteiger partial charge in [-0.05, 0) is 30.5 Å². The Balaban J connectivity index is 1.62. The van der Waals surface area contributed by atoms with Crippen molar-refractivity contribution in [2.45, 2.75) is 26.1 Å². The second-order valence-electron chi connectivity index (χ2n) is 6.63. The Kier molecular flexibility index (Phi) is 6.74. The second-order valence-corrected chi connectivity index (χ2v) is 7.53. The van der Waals surface area contributed by atoms with Gasteiger partial charge in [-0.25, -0.2) is 4.98 Å². The number of aromatic nitrogens is 2. The predicted octanol–water partition coefficient (Wildman–Crippen LogP) is 3.35. The van der Waals surface area contributed by atoms with Crippen molar-refractivity contribution in [1.82, 2.24) is 14.5 Å². The zero-order chi connectivity index (χ0) is 22.6. The number of anilines is 1. The van der Waals surface area contributed by atoms with Crippen LogP contribution in [0.5, 0.6) is 0 Å². The summed E-state index contributed by atoms with van der Waals surface area (Å²) in [6.45, 7) is 1.51. The molecule has 0 saturated carbocycles. The van der Waals surface area contributed by atoms with E-state index in [1.54, 1.807) is 18.4 Å². The van der Waals surface area contributed by atoms with Gasteiger partial charge in [0.2, 0.25) is 11.8 Å². The molecule has 11 heteroatoms. The zero-order valence-electron chi connectivity index (χ0n) is 16.5. The average molecular weight is 452 g/mol. The van der Waals surface area contributed by atoms with Crippen LogP contribution in [0.1, 0.15) is 18.9 Å². The largest absolute Gasteiger partial charge is 0.418 e. The van der Waals surface area contributed by atoms with Gasteiger partial charge in [0.1, 0.15) is 4.83 Å². The molecule has 0 aliphatic rings. The van der Waals surface area contributed by atoms with Gasteiger partial charge >= 0.3 is 6.18 Å². The van der Waals surface area contributed by atoms with E-state index in [2.05, 4.69) is 10.3 Å². The molecule has 1 N–H and O–H groups in total. The number of aryl methyl sites for hydroxylation is 1. The average Bonchev–Trinajstić information content (AvgIpc) is 3.20. The van der Waals surface area contributed by atoms with E-state index in [1.807, 2.05) is 0 Å². The first-order valence-electron chi connectivity index (χ1n) is 9.37. The Morgan fingerprint density at radius 3 is 2.68 bits per heavy atom. The van der Waals surface area contributed by atoms with Gasteiger partial charge in [0.05, 0.1) is 29.5 Å². The summed E-state index contributed by atoms with van der Waals surface area (Å²) in [7, 11) is 0. The van der Waals surface area contributed by atoms with Crippen molar-refractivity contribution in [3.63, 3.8) is 0 Å². The monoisotopic (exact) mass is 452 g/mol. The summed E-state index contributed by atoms with van der Waals surface area (Å²) in [5.74, 6) is -1.15. The molecule has 0 saturated heterocycles. The molecule has 2 heterocycles. The minimum atomic E-state index is -4.62. The minimum absolute atomic E-state index is 0.0580. The minimum Gasteiger partial charge on any atom is -0.334 e. The van der Waals surface area contributed by atoms with Crippen LogP contribution < -0.4 is 10.9 Å². The van der Waals surface area contributed by atoms with Gasteiger partial charge in [-0.15, -0.1) is 11.3 Å². The van der Waals surface area contributed by atoms with Gasteiger partial charge in [0.15, 0.2) is 0 Å². The summed E-state index contributed by atoms with van der Waals surface area (Å²) in [6, 6.07) is 6.29. The smallest absolute Gasteiger partial charge is 0.334 e. The summed E-state index contributed by atoms with van der Waals surface area (Å²) in [6.07, 6.45) is -3.31.